The molecule has 1 aromatic heterocycles. The molecule has 1 fully saturated rings. The van der Waals surface area contributed by atoms with Crippen molar-refractivity contribution in [1.82, 2.24) is 9.88 Å². The molecule has 4 N–H and O–H groups in total. The Hall–Kier alpha value is -1.37. The van der Waals surface area contributed by atoms with Crippen molar-refractivity contribution in [3.05, 3.63) is 22.8 Å². The summed E-state index contributed by atoms with van der Waals surface area (Å²) in [6, 6.07) is 1.77. The summed E-state index contributed by atoms with van der Waals surface area (Å²) < 4.78 is 0. The molecular weight excluding hydrogens is 278 g/mol. The number of hydrogen-bond donors (Lipinski definition) is 3. The molecule has 1 saturated heterocycles. The van der Waals surface area contributed by atoms with Crippen LogP contribution in [0.1, 0.15) is 12.0 Å². The van der Waals surface area contributed by atoms with Gasteiger partial charge in [-0.25, -0.2) is 4.98 Å². The smallest absolute Gasteiger partial charge is 0.148 e. The maximum absolute atomic E-state index is 9.92. The van der Waals surface area contributed by atoms with E-state index in [1.54, 1.807) is 12.3 Å². The topological polar surface area (TPSA) is 89.5 Å². The van der Waals surface area contributed by atoms with Gasteiger partial charge in [-0.2, -0.15) is 0 Å². The van der Waals surface area contributed by atoms with Gasteiger partial charge in [-0.15, -0.1) is 0 Å². The predicted octanol–water partition coefficient (Wildman–Crippen LogP) is 0.520. The van der Waals surface area contributed by atoms with E-state index in [9.17, 15) is 5.11 Å². The van der Waals surface area contributed by atoms with Crippen LogP contribution < -0.4 is 10.6 Å². The van der Waals surface area contributed by atoms with Crippen LogP contribution in [0.5, 0.6) is 0 Å². The highest BCUT2D eigenvalue weighted by molar-refractivity contribution is 6.36. The number of amidine groups is 1. The number of aliphatic hydroxyl groups is 1. The summed E-state index contributed by atoms with van der Waals surface area (Å²) in [4.78, 5) is 8.37. The largest absolute Gasteiger partial charge is 0.391 e. The molecule has 7 heteroatoms. The van der Waals surface area contributed by atoms with E-state index in [-0.39, 0.29) is 18.0 Å². The number of nitrogen functional groups attached to an aromatic ring is 1. The fraction of sp³-hybridized carbons (Fsp3) is 0.538. The number of anilines is 1. The second kappa shape index (κ2) is 5.95. The summed E-state index contributed by atoms with van der Waals surface area (Å²) in [5.74, 6) is 0.505. The van der Waals surface area contributed by atoms with Gasteiger partial charge in [0.05, 0.1) is 11.1 Å². The van der Waals surface area contributed by atoms with Crippen LogP contribution in [0.4, 0.5) is 5.82 Å². The lowest BCUT2D eigenvalue weighted by Crippen LogP contribution is -2.38. The minimum atomic E-state index is -0.390. The summed E-state index contributed by atoms with van der Waals surface area (Å²) in [5.41, 5.74) is 5.99. The van der Waals surface area contributed by atoms with Crippen molar-refractivity contribution in [1.29, 1.82) is 5.41 Å². The van der Waals surface area contributed by atoms with E-state index < -0.39 is 0 Å². The highest BCUT2D eigenvalue weighted by Gasteiger charge is 2.33. The van der Waals surface area contributed by atoms with Crippen molar-refractivity contribution in [2.24, 2.45) is 5.73 Å². The number of nitrogens with one attached hydrogen (secondary N) is 1. The first-order chi connectivity index (χ1) is 9.40. The first-order valence-electron chi connectivity index (χ1n) is 6.48. The zero-order valence-electron chi connectivity index (χ0n) is 11.7. The molecule has 0 aliphatic carbocycles. The van der Waals surface area contributed by atoms with Crippen molar-refractivity contribution < 1.29 is 5.11 Å². The molecule has 2 atom stereocenters. The van der Waals surface area contributed by atoms with E-state index in [1.807, 2.05) is 19.0 Å². The van der Waals surface area contributed by atoms with Crippen LogP contribution in [-0.4, -0.2) is 60.2 Å². The number of halogens is 1. The van der Waals surface area contributed by atoms with E-state index in [2.05, 4.69) is 9.88 Å². The van der Waals surface area contributed by atoms with E-state index in [4.69, 9.17) is 22.7 Å². The van der Waals surface area contributed by atoms with E-state index in [0.29, 0.717) is 29.4 Å². The van der Waals surface area contributed by atoms with Crippen molar-refractivity contribution in [2.45, 2.75) is 18.6 Å². The molecule has 110 valence electrons. The summed E-state index contributed by atoms with van der Waals surface area (Å²) >= 11 is 6.31. The monoisotopic (exact) mass is 297 g/mol. The molecule has 6 nitrogen and oxygen atoms in total. The minimum Gasteiger partial charge on any atom is -0.391 e. The van der Waals surface area contributed by atoms with Gasteiger partial charge in [0.2, 0.25) is 0 Å². The molecule has 0 amide bonds. The highest BCUT2D eigenvalue weighted by atomic mass is 35.5. The van der Waals surface area contributed by atoms with Gasteiger partial charge in [0.1, 0.15) is 11.7 Å². The van der Waals surface area contributed by atoms with Crippen LogP contribution in [0.2, 0.25) is 5.02 Å². The third-order valence-corrected chi connectivity index (χ3v) is 3.77. The molecule has 1 aromatic rings. The molecule has 20 heavy (non-hydrogen) atoms. The standard InChI is InChI=1S/C13H20ClN5O/c1-18(2)6-8-5-9(20)7-19(8)13-11(14)10(12(15)16)3-4-17-13/h3-4,8-9,20H,5-7H2,1-2H3,(H3,15,16). The Morgan fingerprint density at radius 1 is 1.65 bits per heavy atom. The normalized spacial score (nSPS) is 22.6. The Kier molecular flexibility index (Phi) is 4.47. The van der Waals surface area contributed by atoms with Crippen LogP contribution in [0.15, 0.2) is 12.3 Å². The molecule has 0 saturated carbocycles. The average molecular weight is 298 g/mol. The number of aliphatic hydroxyl groups excluding tert-OH is 1. The van der Waals surface area contributed by atoms with Gasteiger partial charge >= 0.3 is 0 Å². The van der Waals surface area contributed by atoms with Crippen molar-refractivity contribution in [3.8, 4) is 0 Å². The number of aromatic nitrogens is 1. The van der Waals surface area contributed by atoms with Crippen LogP contribution in [0, 0.1) is 5.41 Å². The lowest BCUT2D eigenvalue weighted by molar-refractivity contribution is 0.191. The van der Waals surface area contributed by atoms with E-state index in [1.165, 1.54) is 0 Å². The Labute approximate surface area is 123 Å². The molecule has 1 aliphatic heterocycles. The third kappa shape index (κ3) is 3.03. The molecule has 0 spiro atoms. The Morgan fingerprint density at radius 2 is 2.35 bits per heavy atom. The number of pyridine rings is 1. The fourth-order valence-electron chi connectivity index (χ4n) is 2.59. The molecule has 2 heterocycles. The van der Waals surface area contributed by atoms with Crippen molar-refractivity contribution >= 4 is 23.3 Å². The van der Waals surface area contributed by atoms with E-state index >= 15 is 0 Å². The summed E-state index contributed by atoms with van der Waals surface area (Å²) in [6.45, 7) is 1.30. The van der Waals surface area contributed by atoms with Crippen molar-refractivity contribution in [2.75, 3.05) is 32.1 Å². The van der Waals surface area contributed by atoms with Gasteiger partial charge in [-0.05, 0) is 26.6 Å². The summed E-state index contributed by atoms with van der Waals surface area (Å²) in [7, 11) is 3.98. The van der Waals surface area contributed by atoms with Gasteiger partial charge in [-0.1, -0.05) is 11.6 Å². The highest BCUT2D eigenvalue weighted by Crippen LogP contribution is 2.32. The van der Waals surface area contributed by atoms with Gasteiger partial charge in [-0.3, -0.25) is 5.41 Å². The predicted molar refractivity (Wildman–Crippen MR) is 80.6 cm³/mol. The zero-order valence-corrected chi connectivity index (χ0v) is 12.4. The van der Waals surface area contributed by atoms with Crippen LogP contribution in [0.3, 0.4) is 0 Å². The molecule has 0 radical (unpaired) electrons. The lowest BCUT2D eigenvalue weighted by Gasteiger charge is -2.28. The second-order valence-electron chi connectivity index (χ2n) is 5.37. The summed E-state index contributed by atoms with van der Waals surface area (Å²) in [6.07, 6.45) is 1.88. The maximum atomic E-state index is 9.92. The SMILES string of the molecule is CN(C)CC1CC(O)CN1c1nccc(C(=N)N)c1Cl. The number of rotatable bonds is 4. The molecule has 0 bridgehead atoms. The fourth-order valence-corrected chi connectivity index (χ4v) is 2.91. The van der Waals surface area contributed by atoms with Gasteiger partial charge in [0, 0.05) is 30.9 Å². The van der Waals surface area contributed by atoms with Gasteiger partial charge < -0.3 is 20.6 Å². The number of likely N-dealkylation sites (N-methyl/N-ethyl adjacent to an activating group) is 1. The molecule has 2 unspecified atom stereocenters. The Morgan fingerprint density at radius 3 is 2.95 bits per heavy atom. The second-order valence-corrected chi connectivity index (χ2v) is 5.75. The quantitative estimate of drug-likeness (QED) is 0.557. The summed E-state index contributed by atoms with van der Waals surface area (Å²) in [5, 5.41) is 17.8. The van der Waals surface area contributed by atoms with Crippen LogP contribution >= 0.6 is 11.6 Å². The maximum Gasteiger partial charge on any atom is 0.148 e. The molecule has 0 aromatic carbocycles. The number of β-amino-alcohol motifs (C(OH)–C–C–N with tert-alkyl or cyclic N) is 1. The van der Waals surface area contributed by atoms with Crippen molar-refractivity contribution in [3.63, 3.8) is 0 Å². The Balaban J connectivity index is 2.34. The third-order valence-electron chi connectivity index (χ3n) is 3.40. The number of nitrogens with zero attached hydrogens (tertiary/aromatic N) is 3. The molecule has 1 aliphatic rings. The number of nitrogens with two attached hydrogens (primary N) is 1. The molecule has 2 rings (SSSR count). The van der Waals surface area contributed by atoms with Gasteiger partial charge in [0.25, 0.3) is 0 Å². The number of hydrogen-bond acceptors (Lipinski definition) is 5. The zero-order chi connectivity index (χ0) is 14.9. The van der Waals surface area contributed by atoms with Crippen LogP contribution in [-0.2, 0) is 0 Å². The Bertz CT molecular complexity index is 508. The van der Waals surface area contributed by atoms with E-state index in [0.717, 1.165) is 6.54 Å². The van der Waals surface area contributed by atoms with Crippen LogP contribution in [0.25, 0.3) is 0 Å². The average Bonchev–Trinajstić information content (AvgIpc) is 2.69. The first-order valence-corrected chi connectivity index (χ1v) is 6.86. The van der Waals surface area contributed by atoms with Gasteiger partial charge in [0.15, 0.2) is 0 Å². The minimum absolute atomic E-state index is 0.0810. The first kappa shape index (κ1) is 15.0. The lowest BCUT2D eigenvalue weighted by atomic mass is 10.2. The molecular formula is C13H20ClN5O.